The predicted molar refractivity (Wildman–Crippen MR) is 105 cm³/mol. The largest absolute Gasteiger partial charge is 0.322 e. The van der Waals surface area contributed by atoms with Gasteiger partial charge in [-0.25, -0.2) is 12.8 Å². The number of nitrogens with one attached hydrogen (secondary N) is 1. The average Bonchev–Trinajstić information content (AvgIpc) is 2.63. The number of sulfonamides is 1. The summed E-state index contributed by atoms with van der Waals surface area (Å²) in [5, 5.41) is 2.68. The second-order valence-corrected chi connectivity index (χ2v) is 7.88. The molecule has 2 rings (SSSR count). The minimum atomic E-state index is -3.50. The molecule has 0 bridgehead atoms. The summed E-state index contributed by atoms with van der Waals surface area (Å²) >= 11 is 0. The van der Waals surface area contributed by atoms with E-state index in [9.17, 15) is 17.6 Å². The molecule has 5 nitrogen and oxygen atoms in total. The standard InChI is InChI=1S/C20H23FN2O3S/c1-4-23(5-2)27(25,26)18-10-6-16(7-11-18)8-13-20(24)22-19-12-9-17(21)14-15(19)3/h6-14H,4-5H2,1-3H3,(H,22,24)/b13-8+. The Morgan fingerprint density at radius 2 is 1.74 bits per heavy atom. The molecule has 0 saturated heterocycles. The maximum Gasteiger partial charge on any atom is 0.248 e. The van der Waals surface area contributed by atoms with Gasteiger partial charge < -0.3 is 5.32 Å². The van der Waals surface area contributed by atoms with E-state index in [2.05, 4.69) is 5.32 Å². The zero-order chi connectivity index (χ0) is 20.0. The van der Waals surface area contributed by atoms with E-state index in [1.54, 1.807) is 39.0 Å². The molecule has 0 aliphatic heterocycles. The van der Waals surface area contributed by atoms with Gasteiger partial charge >= 0.3 is 0 Å². The highest BCUT2D eigenvalue weighted by atomic mass is 32.2. The lowest BCUT2D eigenvalue weighted by Gasteiger charge is -2.18. The Hall–Kier alpha value is -2.51. The van der Waals surface area contributed by atoms with Crippen LogP contribution in [0.1, 0.15) is 25.0 Å². The van der Waals surface area contributed by atoms with Gasteiger partial charge in [0.05, 0.1) is 4.90 Å². The fraction of sp³-hybridized carbons (Fsp3) is 0.250. The van der Waals surface area contributed by atoms with Crippen LogP contribution in [0.4, 0.5) is 10.1 Å². The van der Waals surface area contributed by atoms with Gasteiger partial charge in [-0.1, -0.05) is 26.0 Å². The highest BCUT2D eigenvalue weighted by molar-refractivity contribution is 7.89. The summed E-state index contributed by atoms with van der Waals surface area (Å²) in [7, 11) is -3.50. The maximum atomic E-state index is 13.1. The first kappa shape index (κ1) is 20.8. The smallest absolute Gasteiger partial charge is 0.248 e. The summed E-state index contributed by atoms with van der Waals surface area (Å²) in [5.74, 6) is -0.717. The molecule has 1 N–H and O–H groups in total. The molecule has 0 aliphatic carbocycles. The van der Waals surface area contributed by atoms with Crippen molar-refractivity contribution in [1.82, 2.24) is 4.31 Å². The van der Waals surface area contributed by atoms with Crippen LogP contribution >= 0.6 is 0 Å². The molecule has 0 aliphatic rings. The van der Waals surface area contributed by atoms with Gasteiger partial charge in [0.1, 0.15) is 5.82 Å². The van der Waals surface area contributed by atoms with Gasteiger partial charge in [0, 0.05) is 24.9 Å². The Kier molecular flexibility index (Phi) is 6.87. The van der Waals surface area contributed by atoms with E-state index in [1.165, 1.54) is 40.7 Å². The highest BCUT2D eigenvalue weighted by Gasteiger charge is 2.20. The van der Waals surface area contributed by atoms with Crippen molar-refractivity contribution in [2.45, 2.75) is 25.7 Å². The number of rotatable bonds is 7. The molecule has 144 valence electrons. The van der Waals surface area contributed by atoms with Crippen molar-refractivity contribution in [3.8, 4) is 0 Å². The molecule has 7 heteroatoms. The number of carbonyl (C=O) groups is 1. The van der Waals surface area contributed by atoms with Gasteiger partial charge in [-0.2, -0.15) is 4.31 Å². The fourth-order valence-electron chi connectivity index (χ4n) is 2.58. The molecule has 2 aromatic carbocycles. The quantitative estimate of drug-likeness (QED) is 0.731. The van der Waals surface area contributed by atoms with E-state index in [-0.39, 0.29) is 16.6 Å². The van der Waals surface area contributed by atoms with Gasteiger partial charge in [-0.05, 0) is 54.5 Å². The maximum absolute atomic E-state index is 13.1. The van der Waals surface area contributed by atoms with E-state index in [1.807, 2.05) is 0 Å². The van der Waals surface area contributed by atoms with E-state index < -0.39 is 10.0 Å². The van der Waals surface area contributed by atoms with Gasteiger partial charge in [0.15, 0.2) is 0 Å². The zero-order valence-electron chi connectivity index (χ0n) is 15.6. The molecule has 0 heterocycles. The third-order valence-corrected chi connectivity index (χ3v) is 6.16. The second kappa shape index (κ2) is 8.92. The summed E-state index contributed by atoms with van der Waals surface area (Å²) in [6, 6.07) is 10.5. The van der Waals surface area contributed by atoms with Crippen molar-refractivity contribution in [2.75, 3.05) is 18.4 Å². The van der Waals surface area contributed by atoms with Gasteiger partial charge in [0.2, 0.25) is 15.9 Å². The number of anilines is 1. The van der Waals surface area contributed by atoms with Crippen molar-refractivity contribution in [1.29, 1.82) is 0 Å². The molecule has 0 atom stereocenters. The number of carbonyl (C=O) groups excluding carboxylic acids is 1. The summed E-state index contributed by atoms with van der Waals surface area (Å²) in [6.07, 6.45) is 2.93. The number of nitrogens with zero attached hydrogens (tertiary/aromatic N) is 1. The van der Waals surface area contributed by atoms with Crippen LogP contribution in [0.25, 0.3) is 6.08 Å². The summed E-state index contributed by atoms with van der Waals surface area (Å²) in [6.45, 7) is 6.10. The lowest BCUT2D eigenvalue weighted by molar-refractivity contribution is -0.111. The molecule has 0 aromatic heterocycles. The van der Waals surface area contributed by atoms with E-state index in [0.717, 1.165) is 0 Å². The van der Waals surface area contributed by atoms with Crippen LogP contribution in [0.3, 0.4) is 0 Å². The first-order chi connectivity index (χ1) is 12.8. The van der Waals surface area contributed by atoms with Crippen molar-refractivity contribution in [3.05, 3.63) is 65.5 Å². The molecule has 2 aromatic rings. The van der Waals surface area contributed by atoms with Crippen LogP contribution < -0.4 is 5.32 Å². The number of hydrogen-bond acceptors (Lipinski definition) is 3. The molecular weight excluding hydrogens is 367 g/mol. The minimum absolute atomic E-state index is 0.217. The van der Waals surface area contributed by atoms with E-state index in [0.29, 0.717) is 29.9 Å². The van der Waals surface area contributed by atoms with Crippen LogP contribution in [0.2, 0.25) is 0 Å². The van der Waals surface area contributed by atoms with Gasteiger partial charge in [0.25, 0.3) is 0 Å². The van der Waals surface area contributed by atoms with E-state index in [4.69, 9.17) is 0 Å². The predicted octanol–water partition coefficient (Wildman–Crippen LogP) is 3.82. The monoisotopic (exact) mass is 390 g/mol. The Morgan fingerprint density at radius 1 is 1.11 bits per heavy atom. The number of benzene rings is 2. The number of aryl methyl sites for hydroxylation is 1. The van der Waals surface area contributed by atoms with Crippen LogP contribution in [0, 0.1) is 12.7 Å². The Bertz CT molecular complexity index is 934. The molecule has 27 heavy (non-hydrogen) atoms. The topological polar surface area (TPSA) is 66.5 Å². The normalized spacial score (nSPS) is 11.9. The molecule has 0 spiro atoms. The summed E-state index contributed by atoms with van der Waals surface area (Å²) < 4.78 is 39.4. The van der Waals surface area contributed by atoms with Gasteiger partial charge in [-0.3, -0.25) is 4.79 Å². The first-order valence-electron chi connectivity index (χ1n) is 8.63. The minimum Gasteiger partial charge on any atom is -0.322 e. The lowest BCUT2D eigenvalue weighted by Crippen LogP contribution is -2.30. The SMILES string of the molecule is CCN(CC)S(=O)(=O)c1ccc(/C=C/C(=O)Nc2ccc(F)cc2C)cc1. The molecule has 0 radical (unpaired) electrons. The van der Waals surface area contributed by atoms with Crippen molar-refractivity contribution >= 4 is 27.7 Å². The molecular formula is C20H23FN2O3S. The highest BCUT2D eigenvalue weighted by Crippen LogP contribution is 2.18. The van der Waals surface area contributed by atoms with Crippen molar-refractivity contribution < 1.29 is 17.6 Å². The lowest BCUT2D eigenvalue weighted by atomic mass is 10.2. The number of amides is 1. The van der Waals surface area contributed by atoms with E-state index >= 15 is 0 Å². The molecule has 0 fully saturated rings. The molecule has 0 saturated carbocycles. The number of hydrogen-bond donors (Lipinski definition) is 1. The summed E-state index contributed by atoms with van der Waals surface area (Å²) in [4.78, 5) is 12.2. The van der Waals surface area contributed by atoms with Crippen molar-refractivity contribution in [2.24, 2.45) is 0 Å². The first-order valence-corrected chi connectivity index (χ1v) is 10.1. The molecule has 0 unspecified atom stereocenters. The zero-order valence-corrected chi connectivity index (χ0v) is 16.4. The second-order valence-electron chi connectivity index (χ2n) is 5.94. The van der Waals surface area contributed by atoms with Crippen LogP contribution in [-0.4, -0.2) is 31.7 Å². The Balaban J connectivity index is 2.08. The van der Waals surface area contributed by atoms with Crippen LogP contribution in [0.15, 0.2) is 53.4 Å². The third-order valence-electron chi connectivity index (χ3n) is 4.10. The third kappa shape index (κ3) is 5.24. The Morgan fingerprint density at radius 3 is 2.30 bits per heavy atom. The van der Waals surface area contributed by atoms with Gasteiger partial charge in [-0.15, -0.1) is 0 Å². The van der Waals surface area contributed by atoms with Crippen molar-refractivity contribution in [3.63, 3.8) is 0 Å². The average molecular weight is 390 g/mol. The van der Waals surface area contributed by atoms with Crippen LogP contribution in [-0.2, 0) is 14.8 Å². The fourth-order valence-corrected chi connectivity index (χ4v) is 4.04. The number of halogens is 1. The Labute approximate surface area is 159 Å². The van der Waals surface area contributed by atoms with Crippen LogP contribution in [0.5, 0.6) is 0 Å². The summed E-state index contributed by atoms with van der Waals surface area (Å²) in [5.41, 5.74) is 1.86. The molecule has 1 amide bonds.